The lowest BCUT2D eigenvalue weighted by molar-refractivity contribution is -0.140. The number of pyridine rings is 1. The number of carbonyl (C=O) groups is 2. The molecule has 1 amide bonds. The molecule has 2 saturated heterocycles. The van der Waals surface area contributed by atoms with Crippen molar-refractivity contribution in [2.75, 3.05) is 39.4 Å². The van der Waals surface area contributed by atoms with Gasteiger partial charge in [0.1, 0.15) is 18.1 Å². The average Bonchev–Trinajstić information content (AvgIpc) is 3.23. The Balaban J connectivity index is 1.40. The molecule has 3 heterocycles. The number of ether oxygens (including phenoxy) is 2. The normalized spacial score (nSPS) is 19.4. The lowest BCUT2D eigenvalue weighted by Crippen LogP contribution is -2.39. The number of morpholine rings is 1. The second-order valence-electron chi connectivity index (χ2n) is 9.84. The van der Waals surface area contributed by atoms with Crippen molar-refractivity contribution in [1.82, 2.24) is 14.8 Å². The minimum atomic E-state index is -0.710. The standard InChI is InChI=1S/C31H33N3O5/c1-22-19-24(10-11-26(22)39-21-23-7-3-2-4-8-23)29(35)27-28(25-9-5-12-32-20-25)34(31(37)30(27)36)14-6-13-33-15-17-38-18-16-33/h2-5,7-12,19-20,28,35H,6,13-18,21H2,1H3/b29-27+/t28-/m0/s1. The minimum Gasteiger partial charge on any atom is -0.507 e. The summed E-state index contributed by atoms with van der Waals surface area (Å²) in [5, 5.41) is 11.4. The molecule has 0 unspecified atom stereocenters. The quantitative estimate of drug-likeness (QED) is 0.254. The summed E-state index contributed by atoms with van der Waals surface area (Å²) < 4.78 is 11.4. The van der Waals surface area contributed by atoms with Gasteiger partial charge in [-0.1, -0.05) is 36.4 Å². The maximum Gasteiger partial charge on any atom is 0.295 e. The van der Waals surface area contributed by atoms with E-state index in [1.807, 2.05) is 43.3 Å². The van der Waals surface area contributed by atoms with E-state index in [0.717, 1.165) is 30.8 Å². The molecule has 0 saturated carbocycles. The van der Waals surface area contributed by atoms with Crippen molar-refractivity contribution < 1.29 is 24.2 Å². The number of aryl methyl sites for hydroxylation is 1. The maximum absolute atomic E-state index is 13.3. The topological polar surface area (TPSA) is 92.2 Å². The highest BCUT2D eigenvalue weighted by atomic mass is 16.5. The highest BCUT2D eigenvalue weighted by Gasteiger charge is 2.46. The van der Waals surface area contributed by atoms with E-state index < -0.39 is 17.7 Å². The Bertz CT molecular complexity index is 1340. The van der Waals surface area contributed by atoms with Gasteiger partial charge in [-0.2, -0.15) is 0 Å². The van der Waals surface area contributed by atoms with Gasteiger partial charge in [-0.15, -0.1) is 0 Å². The number of nitrogens with zero attached hydrogens (tertiary/aromatic N) is 3. The van der Waals surface area contributed by atoms with Crippen LogP contribution in [0.2, 0.25) is 0 Å². The molecule has 3 aromatic rings. The summed E-state index contributed by atoms with van der Waals surface area (Å²) in [6.07, 6.45) is 3.99. The Morgan fingerprint density at radius 2 is 1.85 bits per heavy atom. The molecule has 0 spiro atoms. The van der Waals surface area contributed by atoms with Crippen LogP contribution in [0.15, 0.2) is 78.6 Å². The Kier molecular flexibility index (Phi) is 8.34. The molecule has 5 rings (SSSR count). The number of amides is 1. The smallest absolute Gasteiger partial charge is 0.295 e. The third-order valence-corrected chi connectivity index (χ3v) is 7.20. The average molecular weight is 528 g/mol. The van der Waals surface area contributed by atoms with Crippen molar-refractivity contribution >= 4 is 17.4 Å². The molecule has 1 atom stereocenters. The van der Waals surface area contributed by atoms with Crippen LogP contribution in [0, 0.1) is 6.92 Å². The second kappa shape index (κ2) is 12.2. The van der Waals surface area contributed by atoms with Gasteiger partial charge in [0.2, 0.25) is 0 Å². The molecule has 0 radical (unpaired) electrons. The lowest BCUT2D eigenvalue weighted by Gasteiger charge is -2.29. The number of rotatable bonds is 9. The van der Waals surface area contributed by atoms with E-state index in [9.17, 15) is 14.7 Å². The highest BCUT2D eigenvalue weighted by Crippen LogP contribution is 2.39. The van der Waals surface area contributed by atoms with Crippen LogP contribution in [-0.4, -0.2) is 71.0 Å². The SMILES string of the molecule is Cc1cc(/C(O)=C2\C(=O)C(=O)N(CCCN3CCOCC3)[C@H]2c2cccnc2)ccc1OCc1ccccc1. The van der Waals surface area contributed by atoms with E-state index in [-0.39, 0.29) is 11.3 Å². The van der Waals surface area contributed by atoms with Gasteiger partial charge in [0.15, 0.2) is 0 Å². The monoisotopic (exact) mass is 527 g/mol. The van der Waals surface area contributed by atoms with Gasteiger partial charge in [-0.3, -0.25) is 19.5 Å². The van der Waals surface area contributed by atoms with E-state index in [4.69, 9.17) is 9.47 Å². The predicted octanol–water partition coefficient (Wildman–Crippen LogP) is 4.11. The van der Waals surface area contributed by atoms with Crippen LogP contribution in [0.25, 0.3) is 5.76 Å². The first-order chi connectivity index (χ1) is 19.0. The van der Waals surface area contributed by atoms with Crippen molar-refractivity contribution in [2.24, 2.45) is 0 Å². The van der Waals surface area contributed by atoms with E-state index in [0.29, 0.717) is 49.7 Å². The molecule has 2 aromatic carbocycles. The molecule has 1 aromatic heterocycles. The molecule has 202 valence electrons. The molecule has 2 fully saturated rings. The van der Waals surface area contributed by atoms with Crippen LogP contribution < -0.4 is 4.74 Å². The van der Waals surface area contributed by atoms with Gasteiger partial charge < -0.3 is 19.5 Å². The van der Waals surface area contributed by atoms with Crippen LogP contribution in [0.3, 0.4) is 0 Å². The first kappa shape index (κ1) is 26.6. The van der Waals surface area contributed by atoms with Crippen LogP contribution in [0.1, 0.15) is 34.7 Å². The fourth-order valence-electron chi connectivity index (χ4n) is 5.13. The molecule has 0 aliphatic carbocycles. The third kappa shape index (κ3) is 6.02. The van der Waals surface area contributed by atoms with E-state index in [1.165, 1.54) is 0 Å². The summed E-state index contributed by atoms with van der Waals surface area (Å²) in [6.45, 7) is 6.62. The number of benzene rings is 2. The summed E-state index contributed by atoms with van der Waals surface area (Å²) in [5.74, 6) is -0.805. The first-order valence-electron chi connectivity index (χ1n) is 13.3. The summed E-state index contributed by atoms with van der Waals surface area (Å²) in [7, 11) is 0. The van der Waals surface area contributed by atoms with Gasteiger partial charge >= 0.3 is 0 Å². The molecular weight excluding hydrogens is 494 g/mol. The Labute approximate surface area is 228 Å². The number of aliphatic hydroxyl groups excluding tert-OH is 1. The van der Waals surface area contributed by atoms with Gasteiger partial charge in [-0.25, -0.2) is 0 Å². The Morgan fingerprint density at radius 1 is 1.05 bits per heavy atom. The number of Topliss-reactive ketones (excluding diaryl/α,β-unsaturated/α-hetero) is 1. The first-order valence-corrected chi connectivity index (χ1v) is 13.3. The number of carbonyl (C=O) groups excluding carboxylic acids is 2. The molecule has 39 heavy (non-hydrogen) atoms. The van der Waals surface area contributed by atoms with Crippen LogP contribution in [0.4, 0.5) is 0 Å². The molecule has 0 bridgehead atoms. The van der Waals surface area contributed by atoms with Gasteiger partial charge in [0.25, 0.3) is 11.7 Å². The summed E-state index contributed by atoms with van der Waals surface area (Å²) >= 11 is 0. The fraction of sp³-hybridized carbons (Fsp3) is 0.323. The number of likely N-dealkylation sites (tertiary alicyclic amines) is 1. The van der Waals surface area contributed by atoms with Crippen LogP contribution in [-0.2, 0) is 20.9 Å². The predicted molar refractivity (Wildman–Crippen MR) is 147 cm³/mol. The largest absolute Gasteiger partial charge is 0.507 e. The van der Waals surface area contributed by atoms with Crippen molar-refractivity contribution in [3.05, 3.63) is 101 Å². The zero-order valence-corrected chi connectivity index (χ0v) is 22.1. The molecule has 8 heteroatoms. The Morgan fingerprint density at radius 3 is 2.56 bits per heavy atom. The third-order valence-electron chi connectivity index (χ3n) is 7.20. The minimum absolute atomic E-state index is 0.0803. The van der Waals surface area contributed by atoms with E-state index in [2.05, 4.69) is 9.88 Å². The number of ketones is 1. The molecular formula is C31H33N3O5. The van der Waals surface area contributed by atoms with Crippen molar-refractivity contribution in [2.45, 2.75) is 26.0 Å². The number of hydrogen-bond acceptors (Lipinski definition) is 7. The fourth-order valence-corrected chi connectivity index (χ4v) is 5.13. The second-order valence-corrected chi connectivity index (χ2v) is 9.84. The molecule has 8 nitrogen and oxygen atoms in total. The van der Waals surface area contributed by atoms with Gasteiger partial charge in [0, 0.05) is 44.1 Å². The lowest BCUT2D eigenvalue weighted by atomic mass is 9.95. The molecule has 2 aliphatic rings. The zero-order valence-electron chi connectivity index (χ0n) is 22.1. The molecule has 2 aliphatic heterocycles. The number of aromatic nitrogens is 1. The van der Waals surface area contributed by atoms with E-state index >= 15 is 0 Å². The van der Waals surface area contributed by atoms with Crippen LogP contribution in [0.5, 0.6) is 5.75 Å². The van der Waals surface area contributed by atoms with Crippen LogP contribution >= 0.6 is 0 Å². The highest BCUT2D eigenvalue weighted by molar-refractivity contribution is 6.46. The van der Waals surface area contributed by atoms with E-state index in [1.54, 1.807) is 41.6 Å². The van der Waals surface area contributed by atoms with Crippen molar-refractivity contribution in [3.63, 3.8) is 0 Å². The van der Waals surface area contributed by atoms with Crippen molar-refractivity contribution in [1.29, 1.82) is 0 Å². The zero-order chi connectivity index (χ0) is 27.2. The van der Waals surface area contributed by atoms with Gasteiger partial charge in [-0.05, 0) is 54.3 Å². The molecule has 1 N–H and O–H groups in total. The summed E-state index contributed by atoms with van der Waals surface area (Å²) in [4.78, 5) is 34.6. The van der Waals surface area contributed by atoms with Crippen molar-refractivity contribution in [3.8, 4) is 5.75 Å². The summed E-state index contributed by atoms with van der Waals surface area (Å²) in [5.41, 5.74) is 3.09. The number of hydrogen-bond donors (Lipinski definition) is 1. The van der Waals surface area contributed by atoms with Gasteiger partial charge in [0.05, 0.1) is 24.8 Å². The number of aliphatic hydroxyl groups is 1. The Hall–Kier alpha value is -4.01. The summed E-state index contributed by atoms with van der Waals surface area (Å²) in [6, 6.07) is 18.0. The maximum atomic E-state index is 13.3.